The summed E-state index contributed by atoms with van der Waals surface area (Å²) < 4.78 is 6.02. The minimum Gasteiger partial charge on any atom is -0.494 e. The molecule has 2 aliphatic heterocycles. The number of unbranched alkanes of at least 4 members (excludes halogenated alkanes) is 9. The third-order valence-electron chi connectivity index (χ3n) is 12.9. The van der Waals surface area contributed by atoms with Gasteiger partial charge < -0.3 is 4.74 Å². The van der Waals surface area contributed by atoms with Crippen molar-refractivity contribution in [3.8, 4) is 5.75 Å². The van der Waals surface area contributed by atoms with Crippen LogP contribution in [0.4, 0.5) is 0 Å². The van der Waals surface area contributed by atoms with Crippen LogP contribution < -0.4 is 4.74 Å². The molecule has 0 spiro atoms. The molecule has 4 amide bonds. The average Bonchev–Trinajstić information content (AvgIpc) is 3.27. The fraction of sp³-hybridized carbons (Fsp3) is 0.321. The van der Waals surface area contributed by atoms with Gasteiger partial charge in [0, 0.05) is 46.1 Å². The Labute approximate surface area is 351 Å². The van der Waals surface area contributed by atoms with Crippen molar-refractivity contribution in [1.29, 1.82) is 0 Å². The van der Waals surface area contributed by atoms with Gasteiger partial charge in [0.05, 0.1) is 6.61 Å². The Morgan fingerprint density at radius 3 is 1.18 bits per heavy atom. The van der Waals surface area contributed by atoms with Gasteiger partial charge in [-0.1, -0.05) is 131 Å². The van der Waals surface area contributed by atoms with Crippen molar-refractivity contribution in [1.82, 2.24) is 9.80 Å². The molecule has 0 saturated heterocycles. The third-order valence-corrected chi connectivity index (χ3v) is 12.9. The number of nitrogens with zero attached hydrogens (tertiary/aromatic N) is 2. The first kappa shape index (κ1) is 39.4. The summed E-state index contributed by atoms with van der Waals surface area (Å²) in [5.41, 5.74) is 5.29. The summed E-state index contributed by atoms with van der Waals surface area (Å²) in [6, 6.07) is 31.3. The van der Waals surface area contributed by atoms with Crippen LogP contribution in [0.5, 0.6) is 5.75 Å². The van der Waals surface area contributed by atoms with Crippen LogP contribution in [-0.2, 0) is 12.8 Å². The predicted octanol–water partition coefficient (Wildman–Crippen LogP) is 12.0. The highest BCUT2D eigenvalue weighted by Gasteiger charge is 2.36. The molecular weight excluding hydrogens is 745 g/mol. The first-order valence-electron chi connectivity index (χ1n) is 22.0. The van der Waals surface area contributed by atoms with Crippen LogP contribution in [-0.4, -0.2) is 53.1 Å². The molecule has 0 saturated carbocycles. The Morgan fingerprint density at radius 1 is 0.417 bits per heavy atom. The normalized spacial score (nSPS) is 13.9. The molecule has 7 aromatic rings. The second kappa shape index (κ2) is 16.9. The molecule has 7 aromatic carbocycles. The van der Waals surface area contributed by atoms with Crippen LogP contribution in [0.3, 0.4) is 0 Å². The number of fused-ring (bicyclic) bond motifs is 2. The monoisotopic (exact) mass is 796 g/mol. The lowest BCUT2D eigenvalue weighted by atomic mass is 9.82. The zero-order valence-electron chi connectivity index (χ0n) is 34.8. The van der Waals surface area contributed by atoms with Gasteiger partial charge in [0.2, 0.25) is 0 Å². The van der Waals surface area contributed by atoms with Crippen LogP contribution in [0.25, 0.3) is 43.1 Å². The van der Waals surface area contributed by atoms with Gasteiger partial charge >= 0.3 is 0 Å². The molecular formula is C53H52N2O5. The van der Waals surface area contributed by atoms with Crippen molar-refractivity contribution < 1.29 is 23.9 Å². The molecule has 2 aliphatic rings. The summed E-state index contributed by atoms with van der Waals surface area (Å²) >= 11 is 0. The van der Waals surface area contributed by atoms with E-state index in [2.05, 4.69) is 6.92 Å². The predicted molar refractivity (Wildman–Crippen MR) is 241 cm³/mol. The maximum Gasteiger partial charge on any atom is 0.261 e. The maximum atomic E-state index is 14.1. The molecule has 2 heterocycles. The molecule has 7 nitrogen and oxygen atoms in total. The van der Waals surface area contributed by atoms with E-state index in [9.17, 15) is 19.2 Å². The van der Waals surface area contributed by atoms with Crippen molar-refractivity contribution >= 4 is 66.7 Å². The van der Waals surface area contributed by atoms with E-state index < -0.39 is 0 Å². The number of amides is 4. The van der Waals surface area contributed by atoms with E-state index in [0.717, 1.165) is 61.2 Å². The first-order valence-corrected chi connectivity index (χ1v) is 22.0. The summed E-state index contributed by atoms with van der Waals surface area (Å²) in [6.07, 6.45) is 14.0. The number of carbonyl (C=O) groups is 4. The smallest absolute Gasteiger partial charge is 0.261 e. The van der Waals surface area contributed by atoms with Crippen LogP contribution in [0.15, 0.2) is 97.1 Å². The highest BCUT2D eigenvalue weighted by atomic mass is 16.5. The number of carbonyl (C=O) groups excluding carboxylic acids is 4. The van der Waals surface area contributed by atoms with E-state index in [0.29, 0.717) is 59.0 Å². The largest absolute Gasteiger partial charge is 0.494 e. The fourth-order valence-corrected chi connectivity index (χ4v) is 9.54. The standard InChI is InChI=1S/C53H52N2O5/c1-3-4-5-6-7-8-9-10-11-12-33-60-37-19-17-36(18-20-37)30-32-55-52(58)44-27-23-40-38-21-25-42-48-43(51(57)54(50(42)56)31-29-35-15-13-34(2)14-16-35)26-22-39(46(38)48)41-24-28-45(53(55)59)49(44)47(40)41/h13-28H,3-12,29-33H2,1-2H3. The van der Waals surface area contributed by atoms with Crippen LogP contribution in [0.2, 0.25) is 0 Å². The average molecular weight is 797 g/mol. The molecule has 0 radical (unpaired) electrons. The van der Waals surface area contributed by atoms with Crippen molar-refractivity contribution in [3.05, 3.63) is 136 Å². The maximum absolute atomic E-state index is 14.1. The molecule has 7 heteroatoms. The van der Waals surface area contributed by atoms with Gasteiger partial charge in [0.15, 0.2) is 0 Å². The summed E-state index contributed by atoms with van der Waals surface area (Å²) in [7, 11) is 0. The van der Waals surface area contributed by atoms with Gasteiger partial charge in [0.25, 0.3) is 23.6 Å². The van der Waals surface area contributed by atoms with Gasteiger partial charge in [-0.3, -0.25) is 29.0 Å². The number of imide groups is 2. The fourth-order valence-electron chi connectivity index (χ4n) is 9.54. The molecule has 9 rings (SSSR count). The molecule has 0 fully saturated rings. The minimum absolute atomic E-state index is 0.263. The first-order chi connectivity index (χ1) is 29.3. The number of hydrogen-bond donors (Lipinski definition) is 0. The lowest BCUT2D eigenvalue weighted by molar-refractivity contribution is 0.0597. The summed E-state index contributed by atoms with van der Waals surface area (Å²) in [4.78, 5) is 59.0. The number of aryl methyl sites for hydroxylation is 1. The SMILES string of the molecule is CCCCCCCCCCCCOc1ccc(CCN2C(=O)c3ccc4c5ccc6c7c(ccc(c8ccc(c3c48)C2=O)c75)C(=O)N(CCc2ccc(C)cc2)C6=O)cc1. The second-order valence-electron chi connectivity index (χ2n) is 16.8. The van der Waals surface area contributed by atoms with Gasteiger partial charge in [-0.25, -0.2) is 0 Å². The Hall–Kier alpha value is -6.08. The lowest BCUT2D eigenvalue weighted by Gasteiger charge is -2.30. The Kier molecular flexibility index (Phi) is 11.1. The Bertz CT molecular complexity index is 2650. The third kappa shape index (κ3) is 7.18. The summed E-state index contributed by atoms with van der Waals surface area (Å²) in [6.45, 7) is 5.55. The molecule has 0 N–H and O–H groups in total. The molecule has 0 unspecified atom stereocenters. The van der Waals surface area contributed by atoms with Crippen LogP contribution >= 0.6 is 0 Å². The zero-order chi connectivity index (χ0) is 41.3. The van der Waals surface area contributed by atoms with Gasteiger partial charge in [0.1, 0.15) is 5.75 Å². The highest BCUT2D eigenvalue weighted by molar-refractivity contribution is 6.41. The summed E-state index contributed by atoms with van der Waals surface area (Å²) in [5.74, 6) is -0.348. The van der Waals surface area contributed by atoms with E-state index in [1.807, 2.05) is 104 Å². The minimum atomic E-state index is -0.300. The van der Waals surface area contributed by atoms with Crippen molar-refractivity contribution in [3.63, 3.8) is 0 Å². The van der Waals surface area contributed by atoms with E-state index in [1.54, 1.807) is 0 Å². The summed E-state index contributed by atoms with van der Waals surface area (Å²) in [5, 5.41) is 6.56. The zero-order valence-corrected chi connectivity index (χ0v) is 34.8. The lowest BCUT2D eigenvalue weighted by Crippen LogP contribution is -2.41. The van der Waals surface area contributed by atoms with Crippen molar-refractivity contribution in [2.24, 2.45) is 0 Å². The second-order valence-corrected chi connectivity index (χ2v) is 16.8. The van der Waals surface area contributed by atoms with Crippen molar-refractivity contribution in [2.45, 2.75) is 90.9 Å². The molecule has 304 valence electrons. The van der Waals surface area contributed by atoms with Gasteiger partial charge in [-0.2, -0.15) is 0 Å². The van der Waals surface area contributed by atoms with Gasteiger partial charge in [-0.05, 0) is 106 Å². The quantitative estimate of drug-likeness (QED) is 0.0374. The molecule has 0 aliphatic carbocycles. The van der Waals surface area contributed by atoms with E-state index >= 15 is 0 Å². The molecule has 0 aromatic heterocycles. The van der Waals surface area contributed by atoms with Crippen LogP contribution in [0.1, 0.15) is 129 Å². The van der Waals surface area contributed by atoms with E-state index in [4.69, 9.17) is 4.74 Å². The molecule has 60 heavy (non-hydrogen) atoms. The Balaban J connectivity index is 0.899. The molecule has 0 bridgehead atoms. The van der Waals surface area contributed by atoms with E-state index in [-0.39, 0.29) is 30.2 Å². The van der Waals surface area contributed by atoms with Crippen LogP contribution in [0, 0.1) is 6.92 Å². The molecule has 0 atom stereocenters. The Morgan fingerprint density at radius 2 is 0.783 bits per heavy atom. The number of benzene rings is 7. The highest BCUT2D eigenvalue weighted by Crippen LogP contribution is 2.46. The topological polar surface area (TPSA) is 84.0 Å². The number of hydrogen-bond acceptors (Lipinski definition) is 5. The number of ether oxygens (including phenoxy) is 1. The van der Waals surface area contributed by atoms with Gasteiger partial charge in [-0.15, -0.1) is 0 Å². The van der Waals surface area contributed by atoms with Crippen molar-refractivity contribution in [2.75, 3.05) is 19.7 Å². The van der Waals surface area contributed by atoms with E-state index in [1.165, 1.54) is 67.6 Å². The number of rotatable bonds is 18.